The number of hydrogen-bond donors (Lipinski definition) is 2. The first-order valence-electron chi connectivity index (χ1n) is 8.87. The number of aliphatic hydroxyl groups is 2. The van der Waals surface area contributed by atoms with E-state index in [1.165, 1.54) is 0 Å². The predicted octanol–water partition coefficient (Wildman–Crippen LogP) is 3.74. The van der Waals surface area contributed by atoms with Gasteiger partial charge in [-0.15, -0.1) is 0 Å². The quantitative estimate of drug-likeness (QED) is 0.610. The van der Waals surface area contributed by atoms with Gasteiger partial charge in [0.1, 0.15) is 5.60 Å². The van der Waals surface area contributed by atoms with Crippen molar-refractivity contribution in [3.05, 3.63) is 108 Å². The van der Waals surface area contributed by atoms with Gasteiger partial charge in [-0.05, 0) is 23.1 Å². The van der Waals surface area contributed by atoms with Gasteiger partial charge in [0.15, 0.2) is 0 Å². The fraction of sp³-hybridized carbons (Fsp3) is 0.217. The number of ether oxygens (including phenoxy) is 1. The summed E-state index contributed by atoms with van der Waals surface area (Å²) >= 11 is 0. The lowest BCUT2D eigenvalue weighted by Gasteiger charge is -2.38. The Morgan fingerprint density at radius 1 is 0.654 bits per heavy atom. The Bertz CT molecular complexity index is 676. The van der Waals surface area contributed by atoms with E-state index in [0.717, 1.165) is 16.7 Å². The third kappa shape index (κ3) is 3.70. The van der Waals surface area contributed by atoms with Crippen LogP contribution in [0.25, 0.3) is 0 Å². The van der Waals surface area contributed by atoms with Crippen molar-refractivity contribution in [3.63, 3.8) is 0 Å². The topological polar surface area (TPSA) is 49.7 Å². The highest BCUT2D eigenvalue weighted by Gasteiger charge is 2.39. The molecular weight excluding hydrogens is 324 g/mol. The normalized spacial score (nSPS) is 12.7. The van der Waals surface area contributed by atoms with Gasteiger partial charge in [-0.2, -0.15) is 0 Å². The van der Waals surface area contributed by atoms with Crippen molar-refractivity contribution in [3.8, 4) is 0 Å². The van der Waals surface area contributed by atoms with Crippen molar-refractivity contribution >= 4 is 0 Å². The minimum atomic E-state index is -0.869. The molecule has 3 aromatic rings. The summed E-state index contributed by atoms with van der Waals surface area (Å²) in [4.78, 5) is 0. The van der Waals surface area contributed by atoms with E-state index in [9.17, 15) is 10.2 Å². The van der Waals surface area contributed by atoms with Crippen molar-refractivity contribution in [2.75, 3.05) is 13.2 Å². The van der Waals surface area contributed by atoms with E-state index in [2.05, 4.69) is 0 Å². The molecule has 3 rings (SSSR count). The molecule has 0 aliphatic rings. The maximum Gasteiger partial charge on any atom is 0.144 e. The molecular formula is C23H24O3. The molecule has 0 spiro atoms. The number of aliphatic hydroxyl groups excluding tert-OH is 2. The zero-order valence-electron chi connectivity index (χ0n) is 14.7. The molecule has 0 aliphatic heterocycles. The van der Waals surface area contributed by atoms with Gasteiger partial charge < -0.3 is 14.9 Å². The predicted molar refractivity (Wildman–Crippen MR) is 103 cm³/mol. The van der Waals surface area contributed by atoms with E-state index in [4.69, 9.17) is 4.74 Å². The Hall–Kier alpha value is -2.46. The largest absolute Gasteiger partial charge is 0.396 e. The molecule has 3 aromatic carbocycles. The van der Waals surface area contributed by atoms with Crippen molar-refractivity contribution in [2.45, 2.75) is 18.1 Å². The van der Waals surface area contributed by atoms with Crippen LogP contribution in [0.15, 0.2) is 91.0 Å². The van der Waals surface area contributed by atoms with E-state index >= 15 is 0 Å². The molecule has 0 fully saturated rings. The molecule has 0 amide bonds. The van der Waals surface area contributed by atoms with Crippen molar-refractivity contribution in [1.82, 2.24) is 0 Å². The van der Waals surface area contributed by atoms with Crippen molar-refractivity contribution < 1.29 is 14.9 Å². The van der Waals surface area contributed by atoms with Crippen LogP contribution >= 0.6 is 0 Å². The zero-order valence-corrected chi connectivity index (χ0v) is 14.7. The number of benzene rings is 3. The molecule has 0 aromatic heterocycles. The van der Waals surface area contributed by atoms with E-state index in [1.807, 2.05) is 91.0 Å². The summed E-state index contributed by atoms with van der Waals surface area (Å²) in [6.45, 7) is -0.200. The Balaban J connectivity index is 2.24. The van der Waals surface area contributed by atoms with Gasteiger partial charge in [0, 0.05) is 6.61 Å². The highest BCUT2D eigenvalue weighted by Crippen LogP contribution is 2.41. The van der Waals surface area contributed by atoms with Crippen LogP contribution in [0.2, 0.25) is 0 Å². The maximum atomic E-state index is 9.83. The second-order valence-electron chi connectivity index (χ2n) is 6.21. The van der Waals surface area contributed by atoms with Gasteiger partial charge in [-0.25, -0.2) is 0 Å². The first-order chi connectivity index (χ1) is 12.8. The summed E-state index contributed by atoms with van der Waals surface area (Å²) in [5.41, 5.74) is 2.07. The van der Waals surface area contributed by atoms with E-state index in [-0.39, 0.29) is 13.2 Å². The molecule has 1 atom stereocenters. The molecule has 3 heteroatoms. The van der Waals surface area contributed by atoms with Gasteiger partial charge in [-0.1, -0.05) is 91.0 Å². The smallest absolute Gasteiger partial charge is 0.144 e. The van der Waals surface area contributed by atoms with Crippen LogP contribution in [-0.2, 0) is 10.3 Å². The summed E-state index contributed by atoms with van der Waals surface area (Å²) in [5, 5.41) is 19.2. The van der Waals surface area contributed by atoms with E-state index < -0.39 is 11.7 Å². The highest BCUT2D eigenvalue weighted by atomic mass is 16.5. The molecule has 0 bridgehead atoms. The van der Waals surface area contributed by atoms with Crippen LogP contribution in [0.5, 0.6) is 0 Å². The minimum Gasteiger partial charge on any atom is -0.396 e. The fourth-order valence-corrected chi connectivity index (χ4v) is 3.30. The second-order valence-corrected chi connectivity index (χ2v) is 6.21. The Morgan fingerprint density at radius 2 is 1.04 bits per heavy atom. The number of hydrogen-bond acceptors (Lipinski definition) is 3. The summed E-state index contributed by atoms with van der Waals surface area (Å²) in [6.07, 6.45) is -0.120. The van der Waals surface area contributed by atoms with E-state index in [0.29, 0.717) is 6.42 Å². The lowest BCUT2D eigenvalue weighted by Crippen LogP contribution is -2.38. The van der Waals surface area contributed by atoms with Crippen molar-refractivity contribution in [1.29, 1.82) is 0 Å². The van der Waals surface area contributed by atoms with Gasteiger partial charge in [0.05, 0.1) is 12.7 Å². The molecule has 134 valence electrons. The first-order valence-corrected chi connectivity index (χ1v) is 8.87. The van der Waals surface area contributed by atoms with Crippen LogP contribution in [-0.4, -0.2) is 29.5 Å². The Morgan fingerprint density at radius 3 is 1.35 bits per heavy atom. The highest BCUT2D eigenvalue weighted by molar-refractivity contribution is 5.47. The minimum absolute atomic E-state index is 0.0420. The van der Waals surface area contributed by atoms with Gasteiger partial charge >= 0.3 is 0 Å². The molecule has 26 heavy (non-hydrogen) atoms. The molecule has 0 saturated carbocycles. The number of rotatable bonds is 8. The summed E-state index contributed by atoms with van der Waals surface area (Å²) in [6, 6.07) is 30.0. The molecule has 0 saturated heterocycles. The Labute approximate surface area is 154 Å². The second kappa shape index (κ2) is 8.77. The van der Waals surface area contributed by atoms with Gasteiger partial charge in [0.25, 0.3) is 0 Å². The van der Waals surface area contributed by atoms with Crippen LogP contribution in [0.1, 0.15) is 23.1 Å². The average molecular weight is 348 g/mol. The average Bonchev–Trinajstić information content (AvgIpc) is 2.73. The van der Waals surface area contributed by atoms with Crippen molar-refractivity contribution in [2.24, 2.45) is 0 Å². The lowest BCUT2D eigenvalue weighted by molar-refractivity contribution is -0.0775. The molecule has 0 unspecified atom stereocenters. The van der Waals surface area contributed by atoms with Crippen LogP contribution in [0.3, 0.4) is 0 Å². The lowest BCUT2D eigenvalue weighted by atomic mass is 9.80. The summed E-state index contributed by atoms with van der Waals surface area (Å²) in [7, 11) is 0. The zero-order chi connectivity index (χ0) is 18.2. The first kappa shape index (κ1) is 18.3. The van der Waals surface area contributed by atoms with Crippen LogP contribution in [0.4, 0.5) is 0 Å². The van der Waals surface area contributed by atoms with E-state index in [1.54, 1.807) is 0 Å². The molecule has 0 aliphatic carbocycles. The molecule has 2 N–H and O–H groups in total. The molecule has 0 heterocycles. The maximum absolute atomic E-state index is 9.83. The molecule has 3 nitrogen and oxygen atoms in total. The third-order valence-corrected chi connectivity index (χ3v) is 4.54. The fourth-order valence-electron chi connectivity index (χ4n) is 3.30. The Kier molecular flexibility index (Phi) is 6.18. The van der Waals surface area contributed by atoms with Gasteiger partial charge in [0.2, 0.25) is 0 Å². The monoisotopic (exact) mass is 348 g/mol. The standard InChI is InChI=1S/C23H24O3/c24-17-16-22(18-25)26-23(19-10-4-1-5-11-19,20-12-6-2-7-13-20)21-14-8-3-9-15-21/h1-15,22,24-25H,16-18H2/t22-/m0/s1. The van der Waals surface area contributed by atoms with Gasteiger partial charge in [-0.3, -0.25) is 0 Å². The van der Waals surface area contributed by atoms with Crippen LogP contribution in [0, 0.1) is 0 Å². The third-order valence-electron chi connectivity index (χ3n) is 4.54. The summed E-state index contributed by atoms with van der Waals surface area (Å²) < 4.78 is 6.58. The summed E-state index contributed by atoms with van der Waals surface area (Å²) in [5.74, 6) is 0. The van der Waals surface area contributed by atoms with Crippen LogP contribution < -0.4 is 0 Å². The molecule has 0 radical (unpaired) electrons. The SMILES string of the molecule is OCC[C@@H](CO)OC(c1ccccc1)(c1ccccc1)c1ccccc1.